The van der Waals surface area contributed by atoms with Crippen LogP contribution in [0.4, 0.5) is 0 Å². The van der Waals surface area contributed by atoms with Crippen LogP contribution in [0.3, 0.4) is 0 Å². The van der Waals surface area contributed by atoms with Crippen LogP contribution in [-0.4, -0.2) is 18.2 Å². The minimum atomic E-state index is -0.157. The van der Waals surface area contributed by atoms with E-state index in [0.717, 1.165) is 5.56 Å². The molecule has 1 aliphatic rings. The topological polar surface area (TPSA) is 46.5 Å². The molecule has 1 aliphatic carbocycles. The van der Waals surface area contributed by atoms with Gasteiger partial charge in [-0.1, -0.05) is 19.1 Å². The number of benzene rings is 1. The zero-order chi connectivity index (χ0) is 12.4. The van der Waals surface area contributed by atoms with Gasteiger partial charge in [-0.3, -0.25) is 4.79 Å². The molecule has 0 heterocycles. The maximum absolute atomic E-state index is 11.7. The predicted molar refractivity (Wildman–Crippen MR) is 64.8 cm³/mol. The molecule has 0 aromatic heterocycles. The van der Waals surface area contributed by atoms with Crippen molar-refractivity contribution in [3.8, 4) is 5.75 Å². The van der Waals surface area contributed by atoms with E-state index in [1.807, 2.05) is 19.1 Å². The molecule has 0 aliphatic heterocycles. The molecule has 1 fully saturated rings. The van der Waals surface area contributed by atoms with E-state index >= 15 is 0 Å². The summed E-state index contributed by atoms with van der Waals surface area (Å²) < 4.78 is 4.83. The second-order valence-corrected chi connectivity index (χ2v) is 4.77. The van der Waals surface area contributed by atoms with Crippen LogP contribution in [-0.2, 0) is 9.53 Å². The number of phenols is 1. The fourth-order valence-corrected chi connectivity index (χ4v) is 2.45. The Morgan fingerprint density at radius 1 is 1.35 bits per heavy atom. The highest BCUT2D eigenvalue weighted by Crippen LogP contribution is 2.47. The van der Waals surface area contributed by atoms with Crippen LogP contribution in [0.25, 0.3) is 0 Å². The third kappa shape index (κ3) is 2.60. The molecule has 1 N–H and O–H groups in total. The number of methoxy groups -OCH3 is 1. The van der Waals surface area contributed by atoms with Crippen molar-refractivity contribution in [2.45, 2.75) is 25.7 Å². The minimum Gasteiger partial charge on any atom is -0.508 e. The van der Waals surface area contributed by atoms with Gasteiger partial charge in [0.25, 0.3) is 0 Å². The monoisotopic (exact) mass is 234 g/mol. The van der Waals surface area contributed by atoms with Gasteiger partial charge in [0.2, 0.25) is 0 Å². The molecule has 0 spiro atoms. The molecule has 17 heavy (non-hydrogen) atoms. The molecule has 0 bridgehead atoms. The van der Waals surface area contributed by atoms with E-state index in [-0.39, 0.29) is 23.6 Å². The predicted octanol–water partition coefficient (Wildman–Crippen LogP) is 2.69. The number of carbonyl (C=O) groups excluding carboxylic acids is 1. The maximum Gasteiger partial charge on any atom is 0.309 e. The number of ether oxygens (including phenoxy) is 1. The van der Waals surface area contributed by atoms with Crippen LogP contribution in [0.2, 0.25) is 0 Å². The molecule has 0 amide bonds. The van der Waals surface area contributed by atoms with Gasteiger partial charge in [0.1, 0.15) is 5.75 Å². The van der Waals surface area contributed by atoms with E-state index < -0.39 is 0 Å². The summed E-state index contributed by atoms with van der Waals surface area (Å²) >= 11 is 0. The number of phenolic OH excluding ortho intramolecular Hbond substituents is 1. The molecular weight excluding hydrogens is 216 g/mol. The smallest absolute Gasteiger partial charge is 0.309 e. The average Bonchev–Trinajstić information content (AvgIpc) is 3.15. The van der Waals surface area contributed by atoms with Crippen molar-refractivity contribution in [2.75, 3.05) is 7.11 Å². The van der Waals surface area contributed by atoms with Crippen LogP contribution in [0.5, 0.6) is 5.75 Å². The van der Waals surface area contributed by atoms with E-state index in [2.05, 4.69) is 0 Å². The summed E-state index contributed by atoms with van der Waals surface area (Å²) in [6, 6.07) is 7.15. The molecule has 2 atom stereocenters. The molecule has 92 valence electrons. The van der Waals surface area contributed by atoms with E-state index in [0.29, 0.717) is 5.92 Å². The molecule has 1 aromatic rings. The summed E-state index contributed by atoms with van der Waals surface area (Å²) in [5, 5.41) is 9.30. The van der Waals surface area contributed by atoms with Crippen LogP contribution >= 0.6 is 0 Å². The zero-order valence-corrected chi connectivity index (χ0v) is 10.2. The summed E-state index contributed by atoms with van der Waals surface area (Å²) in [6.07, 6.45) is 2.35. The number of esters is 1. The summed E-state index contributed by atoms with van der Waals surface area (Å²) in [6.45, 7) is 1.92. The Bertz CT molecular complexity index is 392. The van der Waals surface area contributed by atoms with Gasteiger partial charge in [0.15, 0.2) is 0 Å². The van der Waals surface area contributed by atoms with Crippen molar-refractivity contribution in [3.63, 3.8) is 0 Å². The lowest BCUT2D eigenvalue weighted by Gasteiger charge is -2.22. The molecule has 1 aromatic carbocycles. The molecule has 1 unspecified atom stereocenters. The highest BCUT2D eigenvalue weighted by atomic mass is 16.5. The van der Waals surface area contributed by atoms with Crippen LogP contribution in [0.1, 0.15) is 31.2 Å². The van der Waals surface area contributed by atoms with Gasteiger partial charge in [-0.05, 0) is 42.4 Å². The summed E-state index contributed by atoms with van der Waals surface area (Å²) in [5.74, 6) is 0.762. The fraction of sp³-hybridized carbons (Fsp3) is 0.500. The fourth-order valence-electron chi connectivity index (χ4n) is 2.45. The van der Waals surface area contributed by atoms with E-state index in [4.69, 9.17) is 4.74 Å². The van der Waals surface area contributed by atoms with Crippen molar-refractivity contribution in [2.24, 2.45) is 11.8 Å². The van der Waals surface area contributed by atoms with Gasteiger partial charge in [-0.2, -0.15) is 0 Å². The maximum atomic E-state index is 11.7. The highest BCUT2D eigenvalue weighted by Gasteiger charge is 2.38. The second kappa shape index (κ2) is 4.78. The first-order chi connectivity index (χ1) is 8.13. The quantitative estimate of drug-likeness (QED) is 0.815. The number of carbonyl (C=O) groups is 1. The second-order valence-electron chi connectivity index (χ2n) is 4.77. The standard InChI is InChI=1S/C14H18O3/c1-9(14(16)17-2)13(10-3-4-10)11-5-7-12(15)8-6-11/h5-10,13,15H,3-4H2,1-2H3/t9-,13?/m1/s1. The first kappa shape index (κ1) is 12.0. The third-order valence-electron chi connectivity index (χ3n) is 3.52. The summed E-state index contributed by atoms with van der Waals surface area (Å²) in [4.78, 5) is 11.7. The lowest BCUT2D eigenvalue weighted by atomic mass is 9.83. The Balaban J connectivity index is 2.22. The normalized spacial score (nSPS) is 18.5. The van der Waals surface area contributed by atoms with Gasteiger partial charge in [-0.25, -0.2) is 0 Å². The number of hydrogen-bond donors (Lipinski definition) is 1. The van der Waals surface area contributed by atoms with Gasteiger partial charge in [-0.15, -0.1) is 0 Å². The lowest BCUT2D eigenvalue weighted by Crippen LogP contribution is -2.22. The SMILES string of the molecule is COC(=O)[C@H](C)C(c1ccc(O)cc1)C1CC1. The number of hydrogen-bond acceptors (Lipinski definition) is 3. The van der Waals surface area contributed by atoms with Crippen molar-refractivity contribution >= 4 is 5.97 Å². The minimum absolute atomic E-state index is 0.128. The third-order valence-corrected chi connectivity index (χ3v) is 3.52. The first-order valence-corrected chi connectivity index (χ1v) is 6.00. The zero-order valence-electron chi connectivity index (χ0n) is 10.2. The van der Waals surface area contributed by atoms with Crippen LogP contribution in [0, 0.1) is 11.8 Å². The largest absolute Gasteiger partial charge is 0.508 e. The molecule has 3 heteroatoms. The Morgan fingerprint density at radius 2 is 1.94 bits per heavy atom. The summed E-state index contributed by atoms with van der Waals surface area (Å²) in [7, 11) is 1.43. The molecule has 0 saturated heterocycles. The van der Waals surface area contributed by atoms with Crippen molar-refractivity contribution in [1.29, 1.82) is 0 Å². The molecule has 3 nitrogen and oxygen atoms in total. The molecule has 1 saturated carbocycles. The van der Waals surface area contributed by atoms with Crippen molar-refractivity contribution < 1.29 is 14.6 Å². The van der Waals surface area contributed by atoms with Crippen LogP contribution in [0.15, 0.2) is 24.3 Å². The van der Waals surface area contributed by atoms with Gasteiger partial charge in [0.05, 0.1) is 13.0 Å². The highest BCUT2D eigenvalue weighted by molar-refractivity contribution is 5.73. The van der Waals surface area contributed by atoms with Gasteiger partial charge in [0, 0.05) is 0 Å². The molecule has 2 rings (SSSR count). The molecular formula is C14H18O3. The van der Waals surface area contributed by atoms with E-state index in [1.54, 1.807) is 12.1 Å². The Kier molecular flexibility index (Phi) is 3.36. The Hall–Kier alpha value is -1.51. The van der Waals surface area contributed by atoms with Crippen molar-refractivity contribution in [1.82, 2.24) is 0 Å². The summed E-state index contributed by atoms with van der Waals surface area (Å²) in [5.41, 5.74) is 1.11. The lowest BCUT2D eigenvalue weighted by molar-refractivity contribution is -0.145. The van der Waals surface area contributed by atoms with E-state index in [1.165, 1.54) is 20.0 Å². The first-order valence-electron chi connectivity index (χ1n) is 6.00. The number of rotatable bonds is 4. The van der Waals surface area contributed by atoms with Crippen LogP contribution < -0.4 is 0 Å². The van der Waals surface area contributed by atoms with Gasteiger partial charge < -0.3 is 9.84 Å². The molecule has 0 radical (unpaired) electrons. The average molecular weight is 234 g/mol. The van der Waals surface area contributed by atoms with Gasteiger partial charge >= 0.3 is 5.97 Å². The van der Waals surface area contributed by atoms with Crippen molar-refractivity contribution in [3.05, 3.63) is 29.8 Å². The van der Waals surface area contributed by atoms with E-state index in [9.17, 15) is 9.90 Å². The number of aromatic hydroxyl groups is 1. The Morgan fingerprint density at radius 3 is 2.41 bits per heavy atom. The Labute approximate surface area is 101 Å².